The third-order valence-electron chi connectivity index (χ3n) is 3.94. The molecular formula is C21H23N3O4S. The van der Waals surface area contributed by atoms with Crippen molar-refractivity contribution < 1.29 is 18.7 Å². The van der Waals surface area contributed by atoms with Crippen molar-refractivity contribution in [2.24, 2.45) is 0 Å². The Morgan fingerprint density at radius 2 is 1.90 bits per heavy atom. The average Bonchev–Trinajstić information content (AvgIpc) is 3.18. The number of carbonyl (C=O) groups is 1. The van der Waals surface area contributed by atoms with Gasteiger partial charge >= 0.3 is 0 Å². The van der Waals surface area contributed by atoms with Crippen LogP contribution in [0.5, 0.6) is 11.5 Å². The third-order valence-corrected chi connectivity index (χ3v) is 4.76. The lowest BCUT2D eigenvalue weighted by Gasteiger charge is -2.13. The molecule has 0 atom stereocenters. The number of hydrogen-bond acceptors (Lipinski definition) is 7. The molecule has 2 aromatic carbocycles. The van der Waals surface area contributed by atoms with Crippen molar-refractivity contribution in [1.29, 1.82) is 0 Å². The Hall–Kier alpha value is -3.00. The molecule has 3 aromatic rings. The van der Waals surface area contributed by atoms with Crippen LogP contribution in [-0.4, -0.2) is 35.1 Å². The molecule has 0 spiro atoms. The lowest BCUT2D eigenvalue weighted by Crippen LogP contribution is -2.15. The molecule has 0 fully saturated rings. The van der Waals surface area contributed by atoms with Crippen molar-refractivity contribution in [3.05, 3.63) is 48.0 Å². The number of anilines is 1. The molecule has 0 bridgehead atoms. The highest BCUT2D eigenvalue weighted by atomic mass is 32.2. The molecule has 3 rings (SSSR count). The number of benzene rings is 2. The van der Waals surface area contributed by atoms with Crippen LogP contribution < -0.4 is 14.8 Å². The van der Waals surface area contributed by atoms with Gasteiger partial charge in [-0.3, -0.25) is 4.79 Å². The maximum atomic E-state index is 12.4. The van der Waals surface area contributed by atoms with Crippen LogP contribution in [0.1, 0.15) is 19.4 Å². The summed E-state index contributed by atoms with van der Waals surface area (Å²) in [6.45, 7) is 6.81. The number of amides is 1. The number of nitrogens with one attached hydrogen (secondary N) is 1. The van der Waals surface area contributed by atoms with Gasteiger partial charge in [0, 0.05) is 11.6 Å². The van der Waals surface area contributed by atoms with E-state index in [-0.39, 0.29) is 11.7 Å². The van der Waals surface area contributed by atoms with Crippen LogP contribution in [0, 0.1) is 6.92 Å². The standard InChI is InChI=1S/C21H23N3O4S/c1-4-26-15-10-11-18(27-5-2)17(12-15)22-19(25)13-29-21-24-23-20(28-21)16-9-7-6-8-14(16)3/h6-12H,4-5,13H2,1-3H3,(H,22,25). The molecule has 0 saturated carbocycles. The minimum atomic E-state index is -0.208. The van der Waals surface area contributed by atoms with Crippen molar-refractivity contribution >= 4 is 23.4 Å². The number of thioether (sulfide) groups is 1. The van der Waals surface area contributed by atoms with Crippen LogP contribution in [0.2, 0.25) is 0 Å². The Balaban J connectivity index is 1.63. The summed E-state index contributed by atoms with van der Waals surface area (Å²) < 4.78 is 16.8. The van der Waals surface area contributed by atoms with Crippen molar-refractivity contribution in [2.75, 3.05) is 24.3 Å². The van der Waals surface area contributed by atoms with E-state index in [4.69, 9.17) is 13.9 Å². The lowest BCUT2D eigenvalue weighted by atomic mass is 10.1. The molecule has 29 heavy (non-hydrogen) atoms. The first-order chi connectivity index (χ1) is 14.1. The number of nitrogens with zero attached hydrogens (tertiary/aromatic N) is 2. The van der Waals surface area contributed by atoms with Gasteiger partial charge in [0.05, 0.1) is 24.7 Å². The average molecular weight is 413 g/mol. The van der Waals surface area contributed by atoms with Crippen molar-refractivity contribution in [1.82, 2.24) is 10.2 Å². The molecule has 0 saturated heterocycles. The lowest BCUT2D eigenvalue weighted by molar-refractivity contribution is -0.113. The summed E-state index contributed by atoms with van der Waals surface area (Å²) in [5.41, 5.74) is 2.49. The summed E-state index contributed by atoms with van der Waals surface area (Å²) in [6, 6.07) is 13.1. The monoisotopic (exact) mass is 413 g/mol. The van der Waals surface area contributed by atoms with Gasteiger partial charge in [-0.1, -0.05) is 30.0 Å². The minimum Gasteiger partial charge on any atom is -0.494 e. The molecule has 1 N–H and O–H groups in total. The number of aryl methyl sites for hydroxylation is 1. The predicted octanol–water partition coefficient (Wildman–Crippen LogP) is 4.57. The van der Waals surface area contributed by atoms with Crippen LogP contribution in [0.4, 0.5) is 5.69 Å². The number of rotatable bonds is 9. The van der Waals surface area contributed by atoms with Crippen LogP contribution in [0.3, 0.4) is 0 Å². The largest absolute Gasteiger partial charge is 0.494 e. The summed E-state index contributed by atoms with van der Waals surface area (Å²) in [4.78, 5) is 12.4. The molecule has 0 aliphatic rings. The first kappa shape index (κ1) is 20.7. The van der Waals surface area contributed by atoms with Gasteiger partial charge in [0.25, 0.3) is 5.22 Å². The highest BCUT2D eigenvalue weighted by molar-refractivity contribution is 7.99. The molecule has 0 aliphatic carbocycles. The van der Waals surface area contributed by atoms with E-state index in [1.807, 2.05) is 51.1 Å². The summed E-state index contributed by atoms with van der Waals surface area (Å²) in [5.74, 6) is 1.61. The van der Waals surface area contributed by atoms with E-state index in [2.05, 4.69) is 15.5 Å². The smallest absolute Gasteiger partial charge is 0.277 e. The third kappa shape index (κ3) is 5.51. The van der Waals surface area contributed by atoms with Gasteiger partial charge in [-0.15, -0.1) is 10.2 Å². The maximum absolute atomic E-state index is 12.4. The van der Waals surface area contributed by atoms with E-state index in [1.54, 1.807) is 12.1 Å². The van der Waals surface area contributed by atoms with Gasteiger partial charge in [-0.05, 0) is 44.5 Å². The molecule has 7 nitrogen and oxygen atoms in total. The zero-order chi connectivity index (χ0) is 20.6. The van der Waals surface area contributed by atoms with E-state index in [0.29, 0.717) is 41.5 Å². The number of ether oxygens (including phenoxy) is 2. The first-order valence-electron chi connectivity index (χ1n) is 9.32. The first-order valence-corrected chi connectivity index (χ1v) is 10.3. The Morgan fingerprint density at radius 1 is 1.10 bits per heavy atom. The van der Waals surface area contributed by atoms with Crippen molar-refractivity contribution in [2.45, 2.75) is 26.0 Å². The number of hydrogen-bond donors (Lipinski definition) is 1. The molecule has 0 unspecified atom stereocenters. The normalized spacial score (nSPS) is 10.6. The van der Waals surface area contributed by atoms with Crippen molar-refractivity contribution in [3.63, 3.8) is 0 Å². The second-order valence-electron chi connectivity index (χ2n) is 6.05. The summed E-state index contributed by atoms with van der Waals surface area (Å²) in [7, 11) is 0. The summed E-state index contributed by atoms with van der Waals surface area (Å²) in [5, 5.41) is 11.3. The number of carbonyl (C=O) groups excluding carboxylic acids is 1. The fraction of sp³-hybridized carbons (Fsp3) is 0.286. The summed E-state index contributed by atoms with van der Waals surface area (Å²) in [6.07, 6.45) is 0. The second kappa shape index (κ2) is 9.97. The van der Waals surface area contributed by atoms with E-state index in [1.165, 1.54) is 11.8 Å². The van der Waals surface area contributed by atoms with Crippen LogP contribution in [-0.2, 0) is 4.79 Å². The zero-order valence-corrected chi connectivity index (χ0v) is 17.4. The molecule has 1 amide bonds. The Kier molecular flexibility index (Phi) is 7.13. The molecule has 152 valence electrons. The highest BCUT2D eigenvalue weighted by Crippen LogP contribution is 2.30. The molecule has 1 heterocycles. The van der Waals surface area contributed by atoms with E-state index < -0.39 is 0 Å². The molecule has 0 aliphatic heterocycles. The van der Waals surface area contributed by atoms with Gasteiger partial charge in [-0.2, -0.15) is 0 Å². The molecule has 0 radical (unpaired) electrons. The Bertz CT molecular complexity index is 974. The van der Waals surface area contributed by atoms with Gasteiger partial charge in [0.1, 0.15) is 11.5 Å². The van der Waals surface area contributed by atoms with Crippen LogP contribution >= 0.6 is 11.8 Å². The Labute approximate surface area is 173 Å². The Morgan fingerprint density at radius 3 is 2.66 bits per heavy atom. The highest BCUT2D eigenvalue weighted by Gasteiger charge is 2.14. The fourth-order valence-electron chi connectivity index (χ4n) is 2.65. The molecule has 8 heteroatoms. The molecule has 1 aromatic heterocycles. The predicted molar refractivity (Wildman–Crippen MR) is 113 cm³/mol. The summed E-state index contributed by atoms with van der Waals surface area (Å²) >= 11 is 1.18. The van der Waals surface area contributed by atoms with E-state index in [0.717, 1.165) is 11.1 Å². The van der Waals surface area contributed by atoms with Gasteiger partial charge < -0.3 is 19.2 Å². The second-order valence-corrected chi connectivity index (χ2v) is 6.98. The topological polar surface area (TPSA) is 86.5 Å². The zero-order valence-electron chi connectivity index (χ0n) is 16.6. The SMILES string of the molecule is CCOc1ccc(OCC)c(NC(=O)CSc2nnc(-c3ccccc3C)o2)c1. The van der Waals surface area contributed by atoms with E-state index in [9.17, 15) is 4.79 Å². The maximum Gasteiger partial charge on any atom is 0.277 e. The number of aromatic nitrogens is 2. The van der Waals surface area contributed by atoms with Crippen LogP contribution in [0.25, 0.3) is 11.5 Å². The van der Waals surface area contributed by atoms with Gasteiger partial charge in [-0.25, -0.2) is 0 Å². The minimum absolute atomic E-state index is 0.125. The molecular weight excluding hydrogens is 390 g/mol. The van der Waals surface area contributed by atoms with Gasteiger partial charge in [0.2, 0.25) is 11.8 Å². The fourth-order valence-corrected chi connectivity index (χ4v) is 3.21. The van der Waals surface area contributed by atoms with Crippen LogP contribution in [0.15, 0.2) is 52.1 Å². The van der Waals surface area contributed by atoms with Gasteiger partial charge in [0.15, 0.2) is 0 Å². The quantitative estimate of drug-likeness (QED) is 0.514. The van der Waals surface area contributed by atoms with Crippen molar-refractivity contribution in [3.8, 4) is 23.0 Å². The van der Waals surface area contributed by atoms with E-state index >= 15 is 0 Å².